The van der Waals surface area contributed by atoms with Crippen LogP contribution in [0.5, 0.6) is 0 Å². The predicted octanol–water partition coefficient (Wildman–Crippen LogP) is 3.75. The van der Waals surface area contributed by atoms with Crippen molar-refractivity contribution in [2.24, 2.45) is 0 Å². The summed E-state index contributed by atoms with van der Waals surface area (Å²) in [7, 11) is 0. The molecule has 0 radical (unpaired) electrons. The Morgan fingerprint density at radius 2 is 1.76 bits per heavy atom. The molecule has 1 saturated heterocycles. The van der Waals surface area contributed by atoms with E-state index >= 15 is 0 Å². The van der Waals surface area contributed by atoms with E-state index in [1.807, 2.05) is 33.8 Å². The highest BCUT2D eigenvalue weighted by atomic mass is 35.5. The molecule has 4 rings (SSSR count). The molecule has 1 amide bonds. The molecule has 1 aliphatic rings. The number of pyridine rings is 1. The maximum Gasteiger partial charge on any atom is 0.257 e. The van der Waals surface area contributed by atoms with E-state index in [9.17, 15) is 4.79 Å². The third-order valence-electron chi connectivity index (χ3n) is 5.32. The van der Waals surface area contributed by atoms with Gasteiger partial charge in [0.15, 0.2) is 0 Å². The fourth-order valence-corrected chi connectivity index (χ4v) is 3.78. The molecule has 1 aromatic carbocycles. The van der Waals surface area contributed by atoms with E-state index in [-0.39, 0.29) is 5.91 Å². The average molecular weight is 410 g/mol. The lowest BCUT2D eigenvalue weighted by Crippen LogP contribution is -2.49. The van der Waals surface area contributed by atoms with Gasteiger partial charge in [-0.3, -0.25) is 4.79 Å². The fourth-order valence-electron chi connectivity index (χ4n) is 3.67. The van der Waals surface area contributed by atoms with E-state index in [1.165, 1.54) is 5.56 Å². The summed E-state index contributed by atoms with van der Waals surface area (Å²) in [6, 6.07) is 11.9. The van der Waals surface area contributed by atoms with E-state index in [4.69, 9.17) is 11.6 Å². The Hall–Kier alpha value is -2.86. The summed E-state index contributed by atoms with van der Waals surface area (Å²) in [5, 5.41) is 5.14. The number of anilines is 1. The lowest BCUT2D eigenvalue weighted by Gasteiger charge is -2.35. The van der Waals surface area contributed by atoms with Crippen LogP contribution in [0.1, 0.15) is 28.5 Å². The van der Waals surface area contributed by atoms with Crippen molar-refractivity contribution in [3.8, 4) is 5.69 Å². The van der Waals surface area contributed by atoms with Crippen LogP contribution in [-0.4, -0.2) is 51.8 Å². The van der Waals surface area contributed by atoms with Crippen molar-refractivity contribution in [1.29, 1.82) is 0 Å². The van der Waals surface area contributed by atoms with Crippen LogP contribution in [0.15, 0.2) is 48.8 Å². The topological polar surface area (TPSA) is 54.3 Å². The molecule has 0 saturated carbocycles. The van der Waals surface area contributed by atoms with Crippen LogP contribution in [0.4, 0.5) is 5.82 Å². The highest BCUT2D eigenvalue weighted by molar-refractivity contribution is 6.30. The van der Waals surface area contributed by atoms with Gasteiger partial charge in [-0.2, -0.15) is 5.10 Å². The first-order valence-corrected chi connectivity index (χ1v) is 10.2. The van der Waals surface area contributed by atoms with Gasteiger partial charge < -0.3 is 9.80 Å². The predicted molar refractivity (Wildman–Crippen MR) is 115 cm³/mol. The van der Waals surface area contributed by atoms with Crippen LogP contribution in [0, 0.1) is 6.92 Å². The molecule has 3 aromatic rings. The zero-order valence-corrected chi connectivity index (χ0v) is 17.4. The number of aryl methyl sites for hydroxylation is 1. The van der Waals surface area contributed by atoms with Gasteiger partial charge in [-0.05, 0) is 37.6 Å². The second-order valence-corrected chi connectivity index (χ2v) is 7.66. The van der Waals surface area contributed by atoms with E-state index in [0.717, 1.165) is 36.7 Å². The number of carbonyl (C=O) groups excluding carboxylic acids is 1. The normalized spacial score (nSPS) is 14.3. The standard InChI is InChI=1S/C22H24ClN5O/c1-3-20-19(15-25-28(20)18-7-4-16(2)5-8-18)22(29)27-12-10-26(11-13-27)21-9-6-17(23)14-24-21/h4-9,14-15H,3,10-13H2,1-2H3. The molecule has 1 fully saturated rings. The van der Waals surface area contributed by atoms with Crippen LogP contribution < -0.4 is 4.90 Å². The van der Waals surface area contributed by atoms with Crippen LogP contribution >= 0.6 is 11.6 Å². The third-order valence-corrected chi connectivity index (χ3v) is 5.54. The van der Waals surface area contributed by atoms with Gasteiger partial charge in [0.1, 0.15) is 5.82 Å². The monoisotopic (exact) mass is 409 g/mol. The quantitative estimate of drug-likeness (QED) is 0.658. The van der Waals surface area contributed by atoms with Crippen molar-refractivity contribution in [3.63, 3.8) is 0 Å². The van der Waals surface area contributed by atoms with Gasteiger partial charge in [0.2, 0.25) is 0 Å². The molecule has 3 heterocycles. The summed E-state index contributed by atoms with van der Waals surface area (Å²) < 4.78 is 1.88. The zero-order valence-electron chi connectivity index (χ0n) is 16.7. The molecule has 0 aliphatic carbocycles. The Morgan fingerprint density at radius 1 is 1.03 bits per heavy atom. The van der Waals surface area contributed by atoms with E-state index in [2.05, 4.69) is 41.0 Å². The Bertz CT molecular complexity index is 989. The van der Waals surface area contributed by atoms with E-state index < -0.39 is 0 Å². The van der Waals surface area contributed by atoms with Gasteiger partial charge in [-0.15, -0.1) is 0 Å². The molecule has 0 spiro atoms. The lowest BCUT2D eigenvalue weighted by atomic mass is 10.1. The van der Waals surface area contributed by atoms with Crippen molar-refractivity contribution in [2.75, 3.05) is 31.1 Å². The molecular formula is C22H24ClN5O. The molecule has 0 unspecified atom stereocenters. The summed E-state index contributed by atoms with van der Waals surface area (Å²) in [4.78, 5) is 21.6. The zero-order chi connectivity index (χ0) is 20.4. The minimum atomic E-state index is 0.0453. The van der Waals surface area contributed by atoms with Crippen LogP contribution in [0.25, 0.3) is 5.69 Å². The van der Waals surface area contributed by atoms with E-state index in [0.29, 0.717) is 23.7 Å². The van der Waals surface area contributed by atoms with Crippen LogP contribution in [0.2, 0.25) is 5.02 Å². The second kappa shape index (κ2) is 8.25. The number of halogens is 1. The van der Waals surface area contributed by atoms with Gasteiger partial charge in [-0.25, -0.2) is 9.67 Å². The van der Waals surface area contributed by atoms with Crippen molar-refractivity contribution < 1.29 is 4.79 Å². The number of rotatable bonds is 4. The van der Waals surface area contributed by atoms with Gasteiger partial charge in [0.05, 0.1) is 28.2 Å². The van der Waals surface area contributed by atoms with Crippen LogP contribution in [0.3, 0.4) is 0 Å². The Balaban J connectivity index is 1.49. The minimum Gasteiger partial charge on any atom is -0.353 e. The largest absolute Gasteiger partial charge is 0.353 e. The molecule has 1 aliphatic heterocycles. The highest BCUT2D eigenvalue weighted by Crippen LogP contribution is 2.20. The first-order valence-electron chi connectivity index (χ1n) is 9.86. The maximum absolute atomic E-state index is 13.2. The SMILES string of the molecule is CCc1c(C(=O)N2CCN(c3ccc(Cl)cn3)CC2)cnn1-c1ccc(C)cc1. The number of hydrogen-bond acceptors (Lipinski definition) is 4. The van der Waals surface area contributed by atoms with E-state index in [1.54, 1.807) is 12.4 Å². The van der Waals surface area contributed by atoms with Gasteiger partial charge in [0, 0.05) is 32.4 Å². The average Bonchev–Trinajstić information content (AvgIpc) is 3.18. The second-order valence-electron chi connectivity index (χ2n) is 7.22. The number of carbonyl (C=O) groups is 1. The number of benzene rings is 1. The number of piperazine rings is 1. The highest BCUT2D eigenvalue weighted by Gasteiger charge is 2.26. The molecule has 0 atom stereocenters. The summed E-state index contributed by atoms with van der Waals surface area (Å²) >= 11 is 5.92. The first kappa shape index (κ1) is 19.5. The number of nitrogens with zero attached hydrogens (tertiary/aromatic N) is 5. The first-order chi connectivity index (χ1) is 14.1. The van der Waals surface area contributed by atoms with Crippen molar-refractivity contribution >= 4 is 23.3 Å². The van der Waals surface area contributed by atoms with Gasteiger partial charge >= 0.3 is 0 Å². The molecule has 6 nitrogen and oxygen atoms in total. The molecule has 7 heteroatoms. The maximum atomic E-state index is 13.2. The summed E-state index contributed by atoms with van der Waals surface area (Å²) in [5.41, 5.74) is 3.81. The number of aromatic nitrogens is 3. The van der Waals surface area contributed by atoms with Gasteiger partial charge in [-0.1, -0.05) is 36.2 Å². The fraction of sp³-hybridized carbons (Fsp3) is 0.318. The number of amides is 1. The molecule has 0 bridgehead atoms. The lowest BCUT2D eigenvalue weighted by molar-refractivity contribution is 0.0745. The number of hydrogen-bond donors (Lipinski definition) is 0. The van der Waals surface area contributed by atoms with Crippen molar-refractivity contribution in [1.82, 2.24) is 19.7 Å². The van der Waals surface area contributed by atoms with Crippen molar-refractivity contribution in [2.45, 2.75) is 20.3 Å². The smallest absolute Gasteiger partial charge is 0.257 e. The Morgan fingerprint density at radius 3 is 2.38 bits per heavy atom. The van der Waals surface area contributed by atoms with Crippen molar-refractivity contribution in [3.05, 3.63) is 70.6 Å². The summed E-state index contributed by atoms with van der Waals surface area (Å²) in [5.74, 6) is 0.937. The van der Waals surface area contributed by atoms with Gasteiger partial charge in [0.25, 0.3) is 5.91 Å². The summed E-state index contributed by atoms with van der Waals surface area (Å²) in [6.07, 6.45) is 4.10. The molecule has 150 valence electrons. The Labute approximate surface area is 175 Å². The summed E-state index contributed by atoms with van der Waals surface area (Å²) in [6.45, 7) is 6.91. The minimum absolute atomic E-state index is 0.0453. The molecule has 2 aromatic heterocycles. The molecule has 0 N–H and O–H groups in total. The van der Waals surface area contributed by atoms with Crippen LogP contribution in [-0.2, 0) is 6.42 Å². The third kappa shape index (κ3) is 3.98. The molecular weight excluding hydrogens is 386 g/mol. The Kier molecular flexibility index (Phi) is 5.53. The molecule has 29 heavy (non-hydrogen) atoms.